The molecule has 20 heavy (non-hydrogen) atoms. The van der Waals surface area contributed by atoms with Gasteiger partial charge in [0.1, 0.15) is 17.4 Å². The summed E-state index contributed by atoms with van der Waals surface area (Å²) in [4.78, 5) is 0. The van der Waals surface area contributed by atoms with Crippen LogP contribution in [0.15, 0.2) is 36.4 Å². The van der Waals surface area contributed by atoms with Gasteiger partial charge in [-0.25, -0.2) is 8.78 Å². The zero-order valence-corrected chi connectivity index (χ0v) is 11.5. The van der Waals surface area contributed by atoms with Crippen LogP contribution in [0.4, 0.5) is 8.78 Å². The van der Waals surface area contributed by atoms with Crippen LogP contribution < -0.4 is 4.74 Å². The number of hydrogen-bond donors (Lipinski definition) is 1. The van der Waals surface area contributed by atoms with Crippen LogP contribution in [0.2, 0.25) is 5.02 Å². The highest BCUT2D eigenvalue weighted by molar-refractivity contribution is 6.31. The van der Waals surface area contributed by atoms with E-state index < -0.39 is 17.7 Å². The summed E-state index contributed by atoms with van der Waals surface area (Å²) in [6.07, 6.45) is -0.978. The van der Waals surface area contributed by atoms with E-state index in [9.17, 15) is 13.9 Å². The molecule has 0 fully saturated rings. The van der Waals surface area contributed by atoms with E-state index in [0.29, 0.717) is 21.9 Å². The van der Waals surface area contributed by atoms with E-state index >= 15 is 0 Å². The smallest absolute Gasteiger partial charge is 0.126 e. The largest absolute Gasteiger partial charge is 0.496 e. The van der Waals surface area contributed by atoms with E-state index in [0.717, 1.165) is 6.07 Å². The predicted molar refractivity (Wildman–Crippen MR) is 73.0 cm³/mol. The average molecular weight is 299 g/mol. The van der Waals surface area contributed by atoms with Crippen molar-refractivity contribution in [1.29, 1.82) is 0 Å². The Bertz CT molecular complexity index is 597. The lowest BCUT2D eigenvalue weighted by Gasteiger charge is -2.16. The minimum absolute atomic E-state index is 0.0365. The van der Waals surface area contributed by atoms with Crippen molar-refractivity contribution in [3.63, 3.8) is 0 Å². The Morgan fingerprint density at radius 3 is 2.45 bits per heavy atom. The van der Waals surface area contributed by atoms with Gasteiger partial charge in [-0.2, -0.15) is 0 Å². The molecule has 0 radical (unpaired) electrons. The van der Waals surface area contributed by atoms with E-state index in [4.69, 9.17) is 16.3 Å². The molecule has 0 saturated heterocycles. The van der Waals surface area contributed by atoms with Gasteiger partial charge in [-0.15, -0.1) is 0 Å². The van der Waals surface area contributed by atoms with E-state index in [1.165, 1.54) is 19.2 Å². The third-order valence-corrected chi connectivity index (χ3v) is 3.25. The van der Waals surface area contributed by atoms with Gasteiger partial charge in [0, 0.05) is 18.1 Å². The first-order valence-electron chi connectivity index (χ1n) is 5.96. The van der Waals surface area contributed by atoms with Gasteiger partial charge >= 0.3 is 0 Å². The Labute approximate surface area is 120 Å². The molecule has 2 nitrogen and oxygen atoms in total. The molecule has 2 aromatic carbocycles. The fourth-order valence-electron chi connectivity index (χ4n) is 2.07. The van der Waals surface area contributed by atoms with E-state index in [-0.39, 0.29) is 6.42 Å². The summed E-state index contributed by atoms with van der Waals surface area (Å²) in [6, 6.07) is 8.11. The molecule has 0 saturated carbocycles. The highest BCUT2D eigenvalue weighted by Gasteiger charge is 2.18. The van der Waals surface area contributed by atoms with Crippen molar-refractivity contribution >= 4 is 11.6 Å². The lowest BCUT2D eigenvalue weighted by atomic mass is 10.0. The molecule has 1 atom stereocenters. The van der Waals surface area contributed by atoms with Crippen LogP contribution in [-0.2, 0) is 6.42 Å². The minimum atomic E-state index is -1.01. The van der Waals surface area contributed by atoms with Crippen LogP contribution in [-0.4, -0.2) is 12.2 Å². The van der Waals surface area contributed by atoms with Crippen LogP contribution in [0.3, 0.4) is 0 Å². The van der Waals surface area contributed by atoms with Gasteiger partial charge in [-0.1, -0.05) is 17.7 Å². The van der Waals surface area contributed by atoms with Gasteiger partial charge in [-0.3, -0.25) is 0 Å². The van der Waals surface area contributed by atoms with E-state index in [1.54, 1.807) is 18.2 Å². The second-order valence-electron chi connectivity index (χ2n) is 4.35. The summed E-state index contributed by atoms with van der Waals surface area (Å²) in [6.45, 7) is 0. The molecule has 0 aliphatic heterocycles. The van der Waals surface area contributed by atoms with E-state index in [1.807, 2.05) is 0 Å². The lowest BCUT2D eigenvalue weighted by molar-refractivity contribution is 0.174. The standard InChI is InChI=1S/C15H13ClF2O2/c1-20-14-4-2-3-12(16)15(14)13(19)7-9-5-10(17)8-11(18)6-9/h2-6,8,13,19H,7H2,1H3. The summed E-state index contributed by atoms with van der Waals surface area (Å²) in [5, 5.41) is 10.6. The Morgan fingerprint density at radius 1 is 1.20 bits per heavy atom. The Hall–Kier alpha value is -1.65. The van der Waals surface area contributed by atoms with Crippen molar-refractivity contribution in [3.8, 4) is 5.75 Å². The maximum absolute atomic E-state index is 13.1. The number of ether oxygens (including phenoxy) is 1. The minimum Gasteiger partial charge on any atom is -0.496 e. The molecular formula is C15H13ClF2O2. The predicted octanol–water partition coefficient (Wildman–Crippen LogP) is 3.90. The topological polar surface area (TPSA) is 29.5 Å². The molecule has 5 heteroatoms. The molecule has 2 aromatic rings. The number of halogens is 3. The number of methoxy groups -OCH3 is 1. The molecule has 106 valence electrons. The fraction of sp³-hybridized carbons (Fsp3) is 0.200. The van der Waals surface area contributed by atoms with Gasteiger partial charge in [0.25, 0.3) is 0 Å². The van der Waals surface area contributed by atoms with Gasteiger partial charge in [-0.05, 0) is 29.8 Å². The van der Waals surface area contributed by atoms with Gasteiger partial charge in [0.2, 0.25) is 0 Å². The highest BCUT2D eigenvalue weighted by Crippen LogP contribution is 2.33. The molecule has 0 amide bonds. The first kappa shape index (κ1) is 14.8. The van der Waals surface area contributed by atoms with Crippen LogP contribution >= 0.6 is 11.6 Å². The number of aliphatic hydroxyl groups is 1. The number of hydrogen-bond acceptors (Lipinski definition) is 2. The monoisotopic (exact) mass is 298 g/mol. The van der Waals surface area contributed by atoms with Crippen LogP contribution in [0.25, 0.3) is 0 Å². The maximum atomic E-state index is 13.1. The highest BCUT2D eigenvalue weighted by atomic mass is 35.5. The summed E-state index contributed by atoms with van der Waals surface area (Å²) in [5.74, 6) is -0.932. The lowest BCUT2D eigenvalue weighted by Crippen LogP contribution is -2.05. The second kappa shape index (κ2) is 6.20. The molecule has 0 aliphatic carbocycles. The fourth-order valence-corrected chi connectivity index (χ4v) is 2.36. The van der Waals surface area contributed by atoms with E-state index in [2.05, 4.69) is 0 Å². The van der Waals surface area contributed by atoms with Crippen LogP contribution in [0.1, 0.15) is 17.2 Å². The van der Waals surface area contributed by atoms with Gasteiger partial charge in [0.05, 0.1) is 18.2 Å². The maximum Gasteiger partial charge on any atom is 0.126 e. The molecule has 0 aliphatic rings. The third-order valence-electron chi connectivity index (χ3n) is 2.92. The Balaban J connectivity index is 2.30. The number of benzene rings is 2. The van der Waals surface area contributed by atoms with Crippen molar-refractivity contribution in [3.05, 3.63) is 64.2 Å². The number of rotatable bonds is 4. The van der Waals surface area contributed by atoms with Gasteiger partial charge < -0.3 is 9.84 Å². The average Bonchev–Trinajstić information content (AvgIpc) is 2.36. The Kier molecular flexibility index (Phi) is 4.57. The van der Waals surface area contributed by atoms with Crippen LogP contribution in [0, 0.1) is 11.6 Å². The molecule has 0 aromatic heterocycles. The molecule has 0 heterocycles. The molecule has 0 bridgehead atoms. The first-order chi connectivity index (χ1) is 9.51. The van der Waals surface area contributed by atoms with Crippen molar-refractivity contribution < 1.29 is 18.6 Å². The third kappa shape index (κ3) is 3.26. The van der Waals surface area contributed by atoms with Crippen LogP contribution in [0.5, 0.6) is 5.75 Å². The summed E-state index contributed by atoms with van der Waals surface area (Å²) in [5.41, 5.74) is 0.748. The Morgan fingerprint density at radius 2 is 1.85 bits per heavy atom. The first-order valence-corrected chi connectivity index (χ1v) is 6.34. The van der Waals surface area contributed by atoms with Crippen molar-refractivity contribution in [2.45, 2.75) is 12.5 Å². The molecule has 0 spiro atoms. The molecule has 1 N–H and O–H groups in total. The normalized spacial score (nSPS) is 12.2. The number of aliphatic hydroxyl groups excluding tert-OH is 1. The quantitative estimate of drug-likeness (QED) is 0.927. The zero-order chi connectivity index (χ0) is 14.7. The summed E-state index contributed by atoms with van der Waals surface area (Å²) < 4.78 is 31.4. The van der Waals surface area contributed by atoms with Crippen molar-refractivity contribution in [2.24, 2.45) is 0 Å². The van der Waals surface area contributed by atoms with Crippen molar-refractivity contribution in [2.75, 3.05) is 7.11 Å². The molecule has 2 rings (SSSR count). The SMILES string of the molecule is COc1cccc(Cl)c1C(O)Cc1cc(F)cc(F)c1. The zero-order valence-electron chi connectivity index (χ0n) is 10.7. The molecule has 1 unspecified atom stereocenters. The summed E-state index contributed by atoms with van der Waals surface area (Å²) >= 11 is 6.04. The summed E-state index contributed by atoms with van der Waals surface area (Å²) in [7, 11) is 1.46. The van der Waals surface area contributed by atoms with Crippen molar-refractivity contribution in [1.82, 2.24) is 0 Å². The molecular weight excluding hydrogens is 286 g/mol. The second-order valence-corrected chi connectivity index (χ2v) is 4.76. The van der Waals surface area contributed by atoms with Gasteiger partial charge in [0.15, 0.2) is 0 Å².